The van der Waals surface area contributed by atoms with Gasteiger partial charge in [-0.25, -0.2) is 0 Å². The third-order valence-electron chi connectivity index (χ3n) is 6.13. The lowest BCUT2D eigenvalue weighted by atomic mass is 10.1. The smallest absolute Gasteiger partial charge is 0.290 e. The van der Waals surface area contributed by atoms with Crippen LogP contribution in [0.2, 0.25) is 0 Å². The number of benzene rings is 1. The van der Waals surface area contributed by atoms with Gasteiger partial charge in [0.1, 0.15) is 5.58 Å². The molecule has 0 atom stereocenters. The molecule has 2 aliphatic heterocycles. The Kier molecular flexibility index (Phi) is 7.01. The molecule has 174 valence electrons. The normalized spacial score (nSPS) is 17.6. The highest BCUT2D eigenvalue weighted by molar-refractivity contribution is 8.00. The molecule has 33 heavy (non-hydrogen) atoms. The summed E-state index contributed by atoms with van der Waals surface area (Å²) < 4.78 is 12.6. The van der Waals surface area contributed by atoms with Gasteiger partial charge in [0.25, 0.3) is 5.91 Å². The van der Waals surface area contributed by atoms with Crippen molar-refractivity contribution in [3.8, 4) is 0 Å². The van der Waals surface area contributed by atoms with Crippen LogP contribution in [0.3, 0.4) is 0 Å². The Morgan fingerprint density at radius 1 is 0.939 bits per heavy atom. The van der Waals surface area contributed by atoms with E-state index >= 15 is 0 Å². The molecule has 7 nitrogen and oxygen atoms in total. The maximum atomic E-state index is 13.4. The lowest BCUT2D eigenvalue weighted by Gasteiger charge is -2.36. The van der Waals surface area contributed by atoms with E-state index in [1.807, 2.05) is 40.1 Å². The summed E-state index contributed by atoms with van der Waals surface area (Å²) in [5.41, 5.74) is 1.68. The number of fused-ring (bicyclic) bond motifs is 1. The second-order valence-electron chi connectivity index (χ2n) is 8.19. The molecule has 1 aromatic carbocycles. The van der Waals surface area contributed by atoms with Gasteiger partial charge in [0.05, 0.1) is 24.0 Å². The topological polar surface area (TPSA) is 66.2 Å². The zero-order chi connectivity index (χ0) is 22.6. The third kappa shape index (κ3) is 5.11. The lowest BCUT2D eigenvalue weighted by Crippen LogP contribution is -2.53. The highest BCUT2D eigenvalue weighted by atomic mass is 32.2. The standard InChI is InChI=1S/C24H27N3O4S2/c28-21(16-25-11-13-30-14-12-25)26-7-9-27(10-8-26)24(29)23-19(17-33-22-6-3-15-32-22)18-4-1-2-5-20(18)31-23/h1-6,15H,7-14,16-17H2. The number of hydrogen-bond acceptors (Lipinski definition) is 7. The van der Waals surface area contributed by atoms with Crippen LogP contribution in [0.4, 0.5) is 0 Å². The van der Waals surface area contributed by atoms with Crippen molar-refractivity contribution in [1.29, 1.82) is 0 Å². The number of thiophene rings is 1. The lowest BCUT2D eigenvalue weighted by molar-refractivity contribution is -0.134. The average Bonchev–Trinajstić information content (AvgIpc) is 3.51. The molecule has 2 fully saturated rings. The number of para-hydroxylation sites is 1. The molecule has 0 spiro atoms. The fraction of sp³-hybridized carbons (Fsp3) is 0.417. The number of nitrogens with zero attached hydrogens (tertiary/aromatic N) is 3. The van der Waals surface area contributed by atoms with E-state index in [4.69, 9.17) is 9.15 Å². The van der Waals surface area contributed by atoms with Crippen LogP contribution in [0.25, 0.3) is 11.0 Å². The largest absolute Gasteiger partial charge is 0.451 e. The van der Waals surface area contributed by atoms with Crippen molar-refractivity contribution in [1.82, 2.24) is 14.7 Å². The molecular weight excluding hydrogens is 458 g/mol. The van der Waals surface area contributed by atoms with Gasteiger partial charge in [0.2, 0.25) is 5.91 Å². The van der Waals surface area contributed by atoms with Crippen LogP contribution in [-0.4, -0.2) is 85.5 Å². The summed E-state index contributed by atoms with van der Waals surface area (Å²) in [5, 5.41) is 3.05. The van der Waals surface area contributed by atoms with E-state index in [-0.39, 0.29) is 11.8 Å². The number of piperazine rings is 1. The summed E-state index contributed by atoms with van der Waals surface area (Å²) in [4.78, 5) is 32.0. The number of morpholine rings is 1. The third-order valence-corrected chi connectivity index (χ3v) is 8.29. The molecule has 2 aromatic heterocycles. The van der Waals surface area contributed by atoms with Gasteiger partial charge in [-0.2, -0.15) is 0 Å². The summed E-state index contributed by atoms with van der Waals surface area (Å²) >= 11 is 3.42. The Bertz CT molecular complexity index is 1100. The number of thioether (sulfide) groups is 1. The van der Waals surface area contributed by atoms with E-state index in [2.05, 4.69) is 16.3 Å². The number of ether oxygens (including phenoxy) is 1. The van der Waals surface area contributed by atoms with E-state index in [1.165, 1.54) is 4.21 Å². The van der Waals surface area contributed by atoms with E-state index in [0.717, 1.165) is 29.6 Å². The Morgan fingerprint density at radius 3 is 2.45 bits per heavy atom. The molecule has 0 N–H and O–H groups in total. The minimum Gasteiger partial charge on any atom is -0.451 e. The van der Waals surface area contributed by atoms with E-state index < -0.39 is 0 Å². The molecule has 4 heterocycles. The molecule has 0 aliphatic carbocycles. The second-order valence-corrected chi connectivity index (χ2v) is 10.4. The molecule has 0 unspecified atom stereocenters. The van der Waals surface area contributed by atoms with Gasteiger partial charge in [0.15, 0.2) is 5.76 Å². The van der Waals surface area contributed by atoms with Gasteiger partial charge < -0.3 is 19.0 Å². The summed E-state index contributed by atoms with van der Waals surface area (Å²) in [6.07, 6.45) is 0. The highest BCUT2D eigenvalue weighted by Crippen LogP contribution is 2.34. The molecule has 0 bridgehead atoms. The summed E-state index contributed by atoms with van der Waals surface area (Å²) in [7, 11) is 0. The number of hydrogen-bond donors (Lipinski definition) is 0. The van der Waals surface area contributed by atoms with Gasteiger partial charge in [-0.05, 0) is 17.5 Å². The van der Waals surface area contributed by atoms with Gasteiger partial charge in [-0.1, -0.05) is 24.3 Å². The summed E-state index contributed by atoms with van der Waals surface area (Å²) in [6, 6.07) is 12.0. The van der Waals surface area contributed by atoms with Crippen molar-refractivity contribution in [2.75, 3.05) is 59.0 Å². The Labute approximate surface area is 201 Å². The van der Waals surface area contributed by atoms with Crippen molar-refractivity contribution >= 4 is 45.9 Å². The van der Waals surface area contributed by atoms with Crippen LogP contribution in [0, 0.1) is 0 Å². The highest BCUT2D eigenvalue weighted by Gasteiger charge is 2.30. The molecule has 2 saturated heterocycles. The Morgan fingerprint density at radius 2 is 1.70 bits per heavy atom. The first-order valence-corrected chi connectivity index (χ1v) is 13.1. The number of carbonyl (C=O) groups is 2. The first-order chi connectivity index (χ1) is 16.2. The van der Waals surface area contributed by atoms with Crippen LogP contribution in [0.5, 0.6) is 0 Å². The van der Waals surface area contributed by atoms with Gasteiger partial charge in [0, 0.05) is 56.0 Å². The predicted molar refractivity (Wildman–Crippen MR) is 130 cm³/mol. The molecular formula is C24H27N3O4S2. The van der Waals surface area contributed by atoms with Crippen molar-refractivity contribution in [2.24, 2.45) is 0 Å². The molecule has 2 aliphatic rings. The van der Waals surface area contributed by atoms with Crippen LogP contribution in [0.1, 0.15) is 16.1 Å². The molecule has 9 heteroatoms. The SMILES string of the molecule is O=C(CN1CCOCC1)N1CCN(C(=O)c2oc3ccccc3c2CSc2cccs2)CC1. The maximum Gasteiger partial charge on any atom is 0.290 e. The van der Waals surface area contributed by atoms with E-state index in [0.29, 0.717) is 57.5 Å². The summed E-state index contributed by atoms with van der Waals surface area (Å²) in [5.74, 6) is 1.14. The molecule has 5 rings (SSSR count). The average molecular weight is 486 g/mol. The van der Waals surface area contributed by atoms with Crippen LogP contribution >= 0.6 is 23.1 Å². The predicted octanol–water partition coefficient (Wildman–Crippen LogP) is 3.40. The van der Waals surface area contributed by atoms with E-state index in [9.17, 15) is 9.59 Å². The number of carbonyl (C=O) groups excluding carboxylic acids is 2. The Hall–Kier alpha value is -2.33. The minimum absolute atomic E-state index is 0.0896. The second kappa shape index (κ2) is 10.3. The van der Waals surface area contributed by atoms with Gasteiger partial charge in [-0.15, -0.1) is 23.1 Å². The molecule has 2 amide bonds. The zero-order valence-electron chi connectivity index (χ0n) is 18.4. The van der Waals surface area contributed by atoms with Crippen molar-refractivity contribution < 1.29 is 18.7 Å². The molecule has 0 saturated carbocycles. The first-order valence-electron chi connectivity index (χ1n) is 11.2. The monoisotopic (exact) mass is 485 g/mol. The van der Waals surface area contributed by atoms with Gasteiger partial charge in [-0.3, -0.25) is 14.5 Å². The summed E-state index contributed by atoms with van der Waals surface area (Å²) in [6.45, 7) is 5.50. The fourth-order valence-corrected chi connectivity index (χ4v) is 6.07. The number of rotatable bonds is 6. The minimum atomic E-state index is -0.0896. The van der Waals surface area contributed by atoms with Crippen LogP contribution in [-0.2, 0) is 15.3 Å². The van der Waals surface area contributed by atoms with Crippen molar-refractivity contribution in [2.45, 2.75) is 9.96 Å². The van der Waals surface area contributed by atoms with Crippen LogP contribution < -0.4 is 0 Å². The molecule has 0 radical (unpaired) electrons. The number of furan rings is 1. The maximum absolute atomic E-state index is 13.4. The number of amides is 2. The zero-order valence-corrected chi connectivity index (χ0v) is 20.0. The Balaban J connectivity index is 1.25. The van der Waals surface area contributed by atoms with Crippen molar-refractivity contribution in [3.05, 3.63) is 53.1 Å². The van der Waals surface area contributed by atoms with Gasteiger partial charge >= 0.3 is 0 Å². The fourth-order valence-electron chi connectivity index (χ4n) is 4.26. The van der Waals surface area contributed by atoms with E-state index in [1.54, 1.807) is 23.1 Å². The quantitative estimate of drug-likeness (QED) is 0.499. The molecule has 3 aromatic rings. The van der Waals surface area contributed by atoms with Crippen LogP contribution in [0.15, 0.2) is 50.4 Å². The van der Waals surface area contributed by atoms with Crippen molar-refractivity contribution in [3.63, 3.8) is 0 Å². The first kappa shape index (κ1) is 22.5.